The quantitative estimate of drug-likeness (QED) is 0.564. The maximum absolute atomic E-state index is 9.75. The number of halogens is 4. The number of morpholine rings is 1. The van der Waals surface area contributed by atoms with Crippen LogP contribution in [0.3, 0.4) is 0 Å². The molecule has 0 aromatic heterocycles. The van der Waals surface area contributed by atoms with Gasteiger partial charge in [0.1, 0.15) is 12.1 Å². The van der Waals surface area contributed by atoms with Gasteiger partial charge in [0.2, 0.25) is 0 Å². The average molecular weight is 231 g/mol. The van der Waals surface area contributed by atoms with Gasteiger partial charge in [-0.1, -0.05) is 13.3 Å². The molecule has 0 amide bonds. The minimum atomic E-state index is -6.00. The monoisotopic (exact) mass is 231 g/mol. The predicted molar refractivity (Wildman–Crippen MR) is 51.1 cm³/mol. The van der Waals surface area contributed by atoms with E-state index in [1.165, 1.54) is 12.8 Å². The predicted octanol–water partition coefficient (Wildman–Crippen LogP) is 1.44. The molecule has 0 spiro atoms. The molecule has 1 aliphatic heterocycles. The molecular weight excluding hydrogens is 213 g/mol. The maximum Gasteiger partial charge on any atom is 0.673 e. The smallest absolute Gasteiger partial charge is 0.418 e. The Morgan fingerprint density at radius 2 is 1.87 bits per heavy atom. The van der Waals surface area contributed by atoms with Gasteiger partial charge in [0.15, 0.2) is 0 Å². The average Bonchev–Trinajstić information content (AvgIpc) is 2.02. The van der Waals surface area contributed by atoms with Crippen molar-refractivity contribution in [2.75, 3.05) is 19.7 Å². The van der Waals surface area contributed by atoms with Crippen molar-refractivity contribution in [2.45, 2.75) is 32.3 Å². The van der Waals surface area contributed by atoms with Crippen LogP contribution in [0, 0.1) is 0 Å². The second-order valence-electron chi connectivity index (χ2n) is 3.82. The zero-order valence-corrected chi connectivity index (χ0v) is 9.11. The molecule has 2 N–H and O–H groups in total. The van der Waals surface area contributed by atoms with E-state index in [1.54, 1.807) is 0 Å². The van der Waals surface area contributed by atoms with Crippen LogP contribution >= 0.6 is 0 Å². The normalized spacial score (nSPS) is 26.8. The van der Waals surface area contributed by atoms with E-state index < -0.39 is 7.25 Å². The Hall–Kier alpha value is -0.295. The molecule has 1 atom stereocenters. The van der Waals surface area contributed by atoms with Crippen molar-refractivity contribution in [1.82, 2.24) is 0 Å². The Morgan fingerprint density at radius 1 is 1.33 bits per heavy atom. The summed E-state index contributed by atoms with van der Waals surface area (Å²) in [4.78, 5) is 0. The number of rotatable bonds is 2. The molecule has 0 saturated carbocycles. The summed E-state index contributed by atoms with van der Waals surface area (Å²) < 4.78 is 44.7. The Kier molecular flexibility index (Phi) is 6.20. The number of hydrogen-bond acceptors (Lipinski definition) is 1. The molecule has 0 aliphatic carbocycles. The summed E-state index contributed by atoms with van der Waals surface area (Å²) in [6.07, 6.45) is 2.42. The topological polar surface area (TPSA) is 25.8 Å². The molecule has 7 heteroatoms. The molecule has 92 valence electrons. The lowest BCUT2D eigenvalue weighted by molar-refractivity contribution is -0.685. The van der Waals surface area contributed by atoms with E-state index in [1.807, 2.05) is 0 Å². The van der Waals surface area contributed by atoms with Crippen molar-refractivity contribution in [1.29, 1.82) is 0 Å². The van der Waals surface area contributed by atoms with Crippen LogP contribution in [0.15, 0.2) is 0 Å². The molecule has 1 fully saturated rings. The molecule has 1 rings (SSSR count). The van der Waals surface area contributed by atoms with Crippen LogP contribution in [0.25, 0.3) is 0 Å². The van der Waals surface area contributed by atoms with Gasteiger partial charge in [-0.2, -0.15) is 0 Å². The zero-order valence-electron chi connectivity index (χ0n) is 9.11. The van der Waals surface area contributed by atoms with Gasteiger partial charge in [-0.15, -0.1) is 0 Å². The standard InChI is InChI=1S/C8H17NO.BF4/c1-3-4-8(2)7-9-5-6-10-8;2-1(3,4)5/h9H,3-7H2,1-2H3;/q;-1/p+1. The van der Waals surface area contributed by atoms with E-state index in [2.05, 4.69) is 19.2 Å². The van der Waals surface area contributed by atoms with Crippen molar-refractivity contribution in [3.8, 4) is 0 Å². The lowest BCUT2D eigenvalue weighted by Crippen LogP contribution is -2.91. The van der Waals surface area contributed by atoms with E-state index in [0.29, 0.717) is 0 Å². The fraction of sp³-hybridized carbons (Fsp3) is 1.00. The number of quaternary nitrogens is 1. The van der Waals surface area contributed by atoms with Crippen molar-refractivity contribution in [3.05, 3.63) is 0 Å². The Labute approximate surface area is 87.5 Å². The largest absolute Gasteiger partial charge is 0.673 e. The molecule has 0 radical (unpaired) electrons. The second kappa shape index (κ2) is 6.32. The molecular formula is C8H18BF4NO. The van der Waals surface area contributed by atoms with Crippen LogP contribution in [-0.4, -0.2) is 32.6 Å². The van der Waals surface area contributed by atoms with Gasteiger partial charge in [-0.05, 0) is 13.3 Å². The second-order valence-corrected chi connectivity index (χ2v) is 3.82. The highest BCUT2D eigenvalue weighted by molar-refractivity contribution is 6.50. The third kappa shape index (κ3) is 10.00. The highest BCUT2D eigenvalue weighted by Gasteiger charge is 2.28. The van der Waals surface area contributed by atoms with E-state index >= 15 is 0 Å². The first kappa shape index (κ1) is 14.7. The van der Waals surface area contributed by atoms with Gasteiger partial charge < -0.3 is 27.3 Å². The molecule has 2 nitrogen and oxygen atoms in total. The summed E-state index contributed by atoms with van der Waals surface area (Å²) in [7, 11) is -6.00. The molecule has 0 aromatic rings. The van der Waals surface area contributed by atoms with Crippen molar-refractivity contribution >= 4 is 7.25 Å². The van der Waals surface area contributed by atoms with E-state index in [4.69, 9.17) is 4.74 Å². The molecule has 1 saturated heterocycles. The van der Waals surface area contributed by atoms with Crippen LogP contribution in [0.5, 0.6) is 0 Å². The van der Waals surface area contributed by atoms with Crippen molar-refractivity contribution < 1.29 is 27.3 Å². The first-order valence-corrected chi connectivity index (χ1v) is 5.10. The van der Waals surface area contributed by atoms with Crippen LogP contribution in [0.4, 0.5) is 17.3 Å². The summed E-state index contributed by atoms with van der Waals surface area (Å²) >= 11 is 0. The lowest BCUT2D eigenvalue weighted by atomic mass is 9.99. The summed E-state index contributed by atoms with van der Waals surface area (Å²) in [5.41, 5.74) is 0.174. The third-order valence-electron chi connectivity index (χ3n) is 2.13. The first-order chi connectivity index (χ1) is 6.77. The molecule has 0 bridgehead atoms. The van der Waals surface area contributed by atoms with Gasteiger partial charge in [-0.3, -0.25) is 0 Å². The molecule has 15 heavy (non-hydrogen) atoms. The Morgan fingerprint density at radius 3 is 2.20 bits per heavy atom. The highest BCUT2D eigenvalue weighted by atomic mass is 19.5. The molecule has 0 aromatic carbocycles. The third-order valence-corrected chi connectivity index (χ3v) is 2.13. The summed E-state index contributed by atoms with van der Waals surface area (Å²) in [6, 6.07) is 0. The number of hydrogen-bond donors (Lipinski definition) is 1. The Bertz CT molecular complexity index is 159. The van der Waals surface area contributed by atoms with Gasteiger partial charge in [0, 0.05) is 0 Å². The zero-order chi connectivity index (χ0) is 11.9. The summed E-state index contributed by atoms with van der Waals surface area (Å²) in [5.74, 6) is 0. The highest BCUT2D eigenvalue weighted by Crippen LogP contribution is 2.16. The van der Waals surface area contributed by atoms with Crippen molar-refractivity contribution in [2.24, 2.45) is 0 Å². The van der Waals surface area contributed by atoms with E-state index in [-0.39, 0.29) is 5.60 Å². The minimum absolute atomic E-state index is 0.174. The Balaban J connectivity index is 0.000000336. The fourth-order valence-corrected chi connectivity index (χ4v) is 1.56. The van der Waals surface area contributed by atoms with Crippen LogP contribution in [0.2, 0.25) is 0 Å². The molecule has 1 heterocycles. The molecule has 1 unspecified atom stereocenters. The maximum atomic E-state index is 9.75. The summed E-state index contributed by atoms with van der Waals surface area (Å²) in [5, 5.41) is 2.35. The SMILES string of the molecule is CCCC1(C)C[NH2+]CCO1.F[B-](F)(F)F. The van der Waals surface area contributed by atoms with E-state index in [0.717, 1.165) is 19.7 Å². The van der Waals surface area contributed by atoms with Gasteiger partial charge in [0.05, 0.1) is 13.2 Å². The van der Waals surface area contributed by atoms with Gasteiger partial charge in [-0.25, -0.2) is 0 Å². The number of ether oxygens (including phenoxy) is 1. The van der Waals surface area contributed by atoms with Crippen LogP contribution in [-0.2, 0) is 4.74 Å². The first-order valence-electron chi connectivity index (χ1n) is 5.10. The minimum Gasteiger partial charge on any atom is -0.418 e. The van der Waals surface area contributed by atoms with Gasteiger partial charge in [0.25, 0.3) is 0 Å². The van der Waals surface area contributed by atoms with Crippen molar-refractivity contribution in [3.63, 3.8) is 0 Å². The number of nitrogens with two attached hydrogens (primary N) is 1. The lowest BCUT2D eigenvalue weighted by Gasteiger charge is -2.31. The fourth-order valence-electron chi connectivity index (χ4n) is 1.56. The van der Waals surface area contributed by atoms with E-state index in [9.17, 15) is 17.3 Å². The summed E-state index contributed by atoms with van der Waals surface area (Å²) in [6.45, 7) is 7.63. The van der Waals surface area contributed by atoms with Crippen LogP contribution < -0.4 is 5.32 Å². The van der Waals surface area contributed by atoms with Crippen LogP contribution in [0.1, 0.15) is 26.7 Å². The van der Waals surface area contributed by atoms with Gasteiger partial charge >= 0.3 is 7.25 Å². The molecule has 1 aliphatic rings.